The van der Waals surface area contributed by atoms with Crippen LogP contribution in [0, 0.1) is 0 Å². The number of nitrogens with one attached hydrogen (secondary N) is 1. The largest absolute Gasteiger partial charge is 0.302 e. The molecular weight excluding hydrogens is 240 g/mol. The topological polar surface area (TPSA) is 58.6 Å². The van der Waals surface area contributed by atoms with Gasteiger partial charge in [-0.1, -0.05) is 0 Å². The molecule has 0 saturated carbocycles. The molecule has 6 heteroatoms. The van der Waals surface area contributed by atoms with Crippen molar-refractivity contribution in [1.29, 1.82) is 0 Å². The third-order valence-electron chi connectivity index (χ3n) is 2.76. The molecule has 1 saturated heterocycles. The quantitative estimate of drug-likeness (QED) is 0.397. The summed E-state index contributed by atoms with van der Waals surface area (Å²) in [5.41, 5.74) is 2.61. The lowest BCUT2D eigenvalue weighted by atomic mass is 10.2. The molecule has 0 spiro atoms. The second kappa shape index (κ2) is 7.68. The Hall–Kier alpha value is -0.590. The van der Waals surface area contributed by atoms with Crippen LogP contribution >= 0.6 is 11.8 Å². The first-order chi connectivity index (χ1) is 8.20. The van der Waals surface area contributed by atoms with Crippen LogP contribution in [-0.4, -0.2) is 48.4 Å². The highest BCUT2D eigenvalue weighted by Crippen LogP contribution is 2.23. The minimum Gasteiger partial charge on any atom is -0.302 e. The van der Waals surface area contributed by atoms with Crippen molar-refractivity contribution >= 4 is 23.6 Å². The van der Waals surface area contributed by atoms with Gasteiger partial charge in [0.25, 0.3) is 0 Å². The van der Waals surface area contributed by atoms with Gasteiger partial charge in [0.2, 0.25) is 11.8 Å². The van der Waals surface area contributed by atoms with Crippen molar-refractivity contribution in [3.63, 3.8) is 0 Å². The Morgan fingerprint density at radius 1 is 1.41 bits per heavy atom. The molecule has 17 heavy (non-hydrogen) atoms. The minimum absolute atomic E-state index is 0.0195. The first kappa shape index (κ1) is 14.5. The van der Waals surface area contributed by atoms with Gasteiger partial charge < -0.3 is 4.84 Å². The number of likely N-dealkylation sites (tertiary alicyclic amines) is 1. The van der Waals surface area contributed by atoms with Crippen molar-refractivity contribution in [2.45, 2.75) is 30.9 Å². The molecule has 0 radical (unpaired) electrons. The number of carbonyl (C=O) groups excluding carboxylic acids is 2. The fraction of sp³-hybridized carbons (Fsp3) is 0.818. The summed E-state index contributed by atoms with van der Waals surface area (Å²) in [7, 11) is 1.73. The van der Waals surface area contributed by atoms with E-state index in [0.717, 1.165) is 19.3 Å². The smallest absolute Gasteiger partial charge is 0.242 e. The van der Waals surface area contributed by atoms with Gasteiger partial charge >= 0.3 is 0 Å². The molecule has 5 nitrogen and oxygen atoms in total. The molecule has 1 atom stereocenters. The first-order valence-electron chi connectivity index (χ1n) is 5.86. The van der Waals surface area contributed by atoms with E-state index in [2.05, 4.69) is 5.48 Å². The van der Waals surface area contributed by atoms with Gasteiger partial charge in [-0.2, -0.15) is 11.8 Å². The Morgan fingerprint density at radius 3 is 2.76 bits per heavy atom. The minimum atomic E-state index is -0.157. The highest BCUT2D eigenvalue weighted by atomic mass is 32.2. The van der Waals surface area contributed by atoms with E-state index in [9.17, 15) is 9.59 Å². The molecule has 0 aromatic heterocycles. The maximum absolute atomic E-state index is 11.8. The molecular formula is C11H20N2O3S. The van der Waals surface area contributed by atoms with Crippen molar-refractivity contribution in [1.82, 2.24) is 10.4 Å². The van der Waals surface area contributed by atoms with E-state index >= 15 is 0 Å². The zero-order valence-electron chi connectivity index (χ0n) is 10.4. The number of hydrogen-bond acceptors (Lipinski definition) is 5. The van der Waals surface area contributed by atoms with Crippen molar-refractivity contribution in [3.05, 3.63) is 0 Å². The summed E-state index contributed by atoms with van der Waals surface area (Å²) < 4.78 is 0. The van der Waals surface area contributed by atoms with Crippen molar-refractivity contribution in [3.8, 4) is 0 Å². The van der Waals surface area contributed by atoms with E-state index in [-0.39, 0.29) is 17.1 Å². The average Bonchev–Trinajstić information content (AvgIpc) is 2.60. The molecule has 0 aromatic carbocycles. The van der Waals surface area contributed by atoms with Crippen LogP contribution < -0.4 is 5.48 Å². The summed E-state index contributed by atoms with van der Waals surface area (Å²) in [6, 6.07) is 0. The first-order valence-corrected chi connectivity index (χ1v) is 7.15. The predicted molar refractivity (Wildman–Crippen MR) is 67.5 cm³/mol. The summed E-state index contributed by atoms with van der Waals surface area (Å²) >= 11 is 1.46. The van der Waals surface area contributed by atoms with Crippen molar-refractivity contribution in [2.75, 3.05) is 26.5 Å². The zero-order chi connectivity index (χ0) is 12.7. The van der Waals surface area contributed by atoms with Crippen LogP contribution in [0.1, 0.15) is 25.7 Å². The molecule has 1 heterocycles. The highest BCUT2D eigenvalue weighted by molar-refractivity contribution is 8.00. The molecule has 1 unspecified atom stereocenters. The molecule has 0 bridgehead atoms. The van der Waals surface area contributed by atoms with Crippen LogP contribution in [0.3, 0.4) is 0 Å². The average molecular weight is 260 g/mol. The van der Waals surface area contributed by atoms with Gasteiger partial charge in [0.15, 0.2) is 0 Å². The van der Waals surface area contributed by atoms with Crippen LogP contribution in [0.25, 0.3) is 0 Å². The number of imide groups is 1. The van der Waals surface area contributed by atoms with Gasteiger partial charge in [-0.3, -0.25) is 14.5 Å². The van der Waals surface area contributed by atoms with E-state index in [1.54, 1.807) is 7.05 Å². The second-order valence-electron chi connectivity index (χ2n) is 3.93. The summed E-state index contributed by atoms with van der Waals surface area (Å²) in [5.74, 6) is -0.0465. The number of nitrogens with zero attached hydrogens (tertiary/aromatic N) is 1. The van der Waals surface area contributed by atoms with Crippen LogP contribution in [0.2, 0.25) is 0 Å². The summed E-state index contributed by atoms with van der Waals surface area (Å²) in [6.45, 7) is 1.21. The monoisotopic (exact) mass is 260 g/mol. The predicted octanol–water partition coefficient (Wildman–Crippen LogP) is 0.798. The number of thioether (sulfide) groups is 1. The van der Waals surface area contributed by atoms with Gasteiger partial charge in [0.05, 0.1) is 11.9 Å². The van der Waals surface area contributed by atoms with E-state index in [0.29, 0.717) is 19.6 Å². The van der Waals surface area contributed by atoms with Gasteiger partial charge in [-0.25, -0.2) is 5.48 Å². The van der Waals surface area contributed by atoms with Crippen molar-refractivity contribution < 1.29 is 14.4 Å². The lowest BCUT2D eigenvalue weighted by molar-refractivity contribution is -0.138. The normalized spacial score (nSPS) is 20.4. The molecule has 1 aliphatic heterocycles. The lowest BCUT2D eigenvalue weighted by Crippen LogP contribution is -2.32. The molecule has 1 rings (SSSR count). The number of carbonyl (C=O) groups is 2. The highest BCUT2D eigenvalue weighted by Gasteiger charge is 2.37. The zero-order valence-corrected chi connectivity index (χ0v) is 11.2. The van der Waals surface area contributed by atoms with E-state index in [4.69, 9.17) is 4.84 Å². The Morgan fingerprint density at radius 2 is 2.18 bits per heavy atom. The van der Waals surface area contributed by atoms with E-state index in [1.807, 2.05) is 6.26 Å². The number of hydrogen-bond donors (Lipinski definition) is 1. The van der Waals surface area contributed by atoms with Gasteiger partial charge in [-0.05, 0) is 25.5 Å². The van der Waals surface area contributed by atoms with Gasteiger partial charge in [-0.15, -0.1) is 0 Å². The van der Waals surface area contributed by atoms with Crippen molar-refractivity contribution in [2.24, 2.45) is 0 Å². The molecule has 0 aliphatic carbocycles. The molecule has 98 valence electrons. The second-order valence-corrected chi connectivity index (χ2v) is 4.97. The number of rotatable bonds is 8. The molecule has 1 fully saturated rings. The number of amides is 2. The molecule has 0 aromatic rings. The fourth-order valence-corrected chi connectivity index (χ4v) is 2.43. The van der Waals surface area contributed by atoms with Crippen LogP contribution in [0.4, 0.5) is 0 Å². The SMILES string of the molecule is CNOCCCCCN1C(=O)CC(SC)C1=O. The van der Waals surface area contributed by atoms with Crippen LogP contribution in [0.15, 0.2) is 0 Å². The Bertz CT molecular complexity index is 273. The lowest BCUT2D eigenvalue weighted by Gasteiger charge is -2.14. The third kappa shape index (κ3) is 4.29. The molecule has 1 aliphatic rings. The Balaban J connectivity index is 2.18. The summed E-state index contributed by atoms with van der Waals surface area (Å²) in [6.07, 6.45) is 4.98. The Labute approximate surface area is 106 Å². The molecule has 2 amide bonds. The maximum atomic E-state index is 11.8. The van der Waals surface area contributed by atoms with E-state index in [1.165, 1.54) is 16.7 Å². The van der Waals surface area contributed by atoms with Gasteiger partial charge in [0, 0.05) is 20.0 Å². The maximum Gasteiger partial charge on any atom is 0.242 e. The summed E-state index contributed by atoms with van der Waals surface area (Å²) in [4.78, 5) is 29.7. The fourth-order valence-electron chi connectivity index (χ4n) is 1.79. The third-order valence-corrected chi connectivity index (χ3v) is 3.70. The van der Waals surface area contributed by atoms with Crippen LogP contribution in [0.5, 0.6) is 0 Å². The van der Waals surface area contributed by atoms with Crippen LogP contribution in [-0.2, 0) is 14.4 Å². The van der Waals surface area contributed by atoms with Gasteiger partial charge in [0.1, 0.15) is 0 Å². The number of unbranched alkanes of at least 4 members (excludes halogenated alkanes) is 2. The Kier molecular flexibility index (Phi) is 6.54. The standard InChI is InChI=1S/C11H20N2O3S/c1-12-16-7-5-3-4-6-13-10(14)8-9(17-2)11(13)15/h9,12H,3-8H2,1-2H3. The van der Waals surface area contributed by atoms with E-state index < -0.39 is 0 Å². The summed E-state index contributed by atoms with van der Waals surface area (Å²) in [5, 5.41) is -0.157. The number of hydroxylamine groups is 1. The molecule has 1 N–H and O–H groups in total.